The van der Waals surface area contributed by atoms with E-state index in [9.17, 15) is 4.79 Å². The van der Waals surface area contributed by atoms with Gasteiger partial charge in [0, 0.05) is 31.9 Å². The van der Waals surface area contributed by atoms with Crippen LogP contribution in [0.4, 0.5) is 5.69 Å². The molecule has 5 heteroatoms. The number of hydrogen-bond donors (Lipinski definition) is 0. The van der Waals surface area contributed by atoms with Crippen LogP contribution in [0.15, 0.2) is 61.2 Å². The Bertz CT molecular complexity index is 768. The molecule has 1 heterocycles. The van der Waals surface area contributed by atoms with Gasteiger partial charge in [0.15, 0.2) is 18.1 Å². The third-order valence-corrected chi connectivity index (χ3v) is 4.71. The molecule has 0 aliphatic carbocycles. The lowest BCUT2D eigenvalue weighted by molar-refractivity contribution is -0.133. The summed E-state index contributed by atoms with van der Waals surface area (Å²) in [4.78, 5) is 16.7. The Labute approximate surface area is 160 Å². The molecule has 1 saturated heterocycles. The average molecular weight is 366 g/mol. The summed E-state index contributed by atoms with van der Waals surface area (Å²) in [6.07, 6.45) is 2.61. The minimum Gasteiger partial charge on any atom is -0.493 e. The van der Waals surface area contributed by atoms with Gasteiger partial charge >= 0.3 is 0 Å². The smallest absolute Gasteiger partial charge is 0.260 e. The van der Waals surface area contributed by atoms with Gasteiger partial charge in [-0.15, -0.1) is 6.58 Å². The molecule has 2 aromatic carbocycles. The molecule has 1 amide bonds. The van der Waals surface area contributed by atoms with Gasteiger partial charge in [0.2, 0.25) is 0 Å². The van der Waals surface area contributed by atoms with Crippen LogP contribution >= 0.6 is 0 Å². The summed E-state index contributed by atoms with van der Waals surface area (Å²) in [5.74, 6) is 1.22. The van der Waals surface area contributed by atoms with Gasteiger partial charge in [0.1, 0.15) is 0 Å². The van der Waals surface area contributed by atoms with E-state index in [4.69, 9.17) is 9.47 Å². The van der Waals surface area contributed by atoms with Crippen LogP contribution in [-0.2, 0) is 11.2 Å². The maximum atomic E-state index is 12.5. The van der Waals surface area contributed by atoms with Gasteiger partial charge < -0.3 is 19.3 Å². The normalized spacial score (nSPS) is 14.0. The van der Waals surface area contributed by atoms with E-state index in [1.54, 1.807) is 7.11 Å². The van der Waals surface area contributed by atoms with Gasteiger partial charge in [0.25, 0.3) is 5.91 Å². The number of amides is 1. The van der Waals surface area contributed by atoms with E-state index < -0.39 is 0 Å². The van der Waals surface area contributed by atoms with Crippen molar-refractivity contribution in [2.24, 2.45) is 0 Å². The van der Waals surface area contributed by atoms with Crippen molar-refractivity contribution >= 4 is 11.6 Å². The molecule has 0 aromatic heterocycles. The number of benzene rings is 2. The van der Waals surface area contributed by atoms with Gasteiger partial charge in [-0.05, 0) is 36.2 Å². The third kappa shape index (κ3) is 4.82. The predicted octanol–water partition coefficient (Wildman–Crippen LogP) is 3.15. The zero-order valence-electron chi connectivity index (χ0n) is 15.8. The van der Waals surface area contributed by atoms with E-state index in [-0.39, 0.29) is 12.5 Å². The first-order chi connectivity index (χ1) is 13.2. The fourth-order valence-electron chi connectivity index (χ4n) is 3.21. The van der Waals surface area contributed by atoms with Gasteiger partial charge in [-0.1, -0.05) is 30.3 Å². The molecule has 1 fully saturated rings. The van der Waals surface area contributed by atoms with Crippen LogP contribution in [-0.4, -0.2) is 50.7 Å². The first-order valence-electron chi connectivity index (χ1n) is 9.19. The second-order valence-electron chi connectivity index (χ2n) is 6.47. The quantitative estimate of drug-likeness (QED) is 0.706. The number of hydrogen-bond acceptors (Lipinski definition) is 4. The summed E-state index contributed by atoms with van der Waals surface area (Å²) < 4.78 is 11.1. The van der Waals surface area contributed by atoms with E-state index in [1.807, 2.05) is 47.4 Å². The predicted molar refractivity (Wildman–Crippen MR) is 108 cm³/mol. The Morgan fingerprint density at radius 2 is 1.81 bits per heavy atom. The molecule has 3 rings (SSSR count). The van der Waals surface area contributed by atoms with E-state index in [1.165, 1.54) is 5.69 Å². The molecule has 27 heavy (non-hydrogen) atoms. The monoisotopic (exact) mass is 366 g/mol. The number of para-hydroxylation sites is 1. The molecule has 0 unspecified atom stereocenters. The maximum absolute atomic E-state index is 12.5. The number of allylic oxidation sites excluding steroid dienone is 1. The zero-order chi connectivity index (χ0) is 19.1. The van der Waals surface area contributed by atoms with Gasteiger partial charge in [-0.2, -0.15) is 0 Å². The summed E-state index contributed by atoms with van der Waals surface area (Å²) >= 11 is 0. The van der Waals surface area contributed by atoms with Crippen molar-refractivity contribution < 1.29 is 14.3 Å². The Morgan fingerprint density at radius 3 is 2.48 bits per heavy atom. The number of nitrogens with zero attached hydrogens (tertiary/aromatic N) is 2. The van der Waals surface area contributed by atoms with Crippen LogP contribution in [0.3, 0.4) is 0 Å². The van der Waals surface area contributed by atoms with Gasteiger partial charge in [-0.3, -0.25) is 4.79 Å². The number of carbonyl (C=O) groups excluding carboxylic acids is 1. The highest BCUT2D eigenvalue weighted by molar-refractivity contribution is 5.78. The van der Waals surface area contributed by atoms with Gasteiger partial charge in [0.05, 0.1) is 7.11 Å². The molecular weight excluding hydrogens is 340 g/mol. The molecular formula is C22H26N2O3. The van der Waals surface area contributed by atoms with Crippen LogP contribution < -0.4 is 14.4 Å². The number of ether oxygens (including phenoxy) is 2. The number of methoxy groups -OCH3 is 1. The molecule has 0 saturated carbocycles. The number of piperazine rings is 1. The van der Waals surface area contributed by atoms with Crippen molar-refractivity contribution in [2.45, 2.75) is 6.42 Å². The van der Waals surface area contributed by atoms with E-state index in [0.717, 1.165) is 25.1 Å². The highest BCUT2D eigenvalue weighted by atomic mass is 16.5. The first-order valence-corrected chi connectivity index (χ1v) is 9.19. The van der Waals surface area contributed by atoms with Crippen LogP contribution in [0.5, 0.6) is 11.5 Å². The van der Waals surface area contributed by atoms with E-state index in [2.05, 4.69) is 23.6 Å². The van der Waals surface area contributed by atoms with Crippen molar-refractivity contribution in [2.75, 3.05) is 44.8 Å². The van der Waals surface area contributed by atoms with Crippen molar-refractivity contribution in [1.29, 1.82) is 0 Å². The van der Waals surface area contributed by atoms with Crippen LogP contribution in [0.1, 0.15) is 5.56 Å². The molecule has 0 bridgehead atoms. The van der Waals surface area contributed by atoms with E-state index in [0.29, 0.717) is 24.6 Å². The topological polar surface area (TPSA) is 42.0 Å². The zero-order valence-corrected chi connectivity index (χ0v) is 15.8. The van der Waals surface area contributed by atoms with Crippen LogP contribution in [0.2, 0.25) is 0 Å². The van der Waals surface area contributed by atoms with Crippen molar-refractivity contribution in [3.63, 3.8) is 0 Å². The summed E-state index contributed by atoms with van der Waals surface area (Å²) in [5.41, 5.74) is 2.29. The minimum absolute atomic E-state index is 0.0000622. The fourth-order valence-corrected chi connectivity index (χ4v) is 3.21. The lowest BCUT2D eigenvalue weighted by atomic mass is 10.1. The van der Waals surface area contributed by atoms with E-state index >= 15 is 0 Å². The highest BCUT2D eigenvalue weighted by Gasteiger charge is 2.21. The Kier molecular flexibility index (Phi) is 6.36. The molecule has 1 aliphatic rings. The number of carbonyl (C=O) groups is 1. The van der Waals surface area contributed by atoms with Gasteiger partial charge in [-0.25, -0.2) is 0 Å². The van der Waals surface area contributed by atoms with Crippen LogP contribution in [0.25, 0.3) is 0 Å². The second-order valence-corrected chi connectivity index (χ2v) is 6.47. The SMILES string of the molecule is C=CCc1ccc(OCC(=O)N2CCN(c3ccccc3)CC2)c(OC)c1. The summed E-state index contributed by atoms with van der Waals surface area (Å²) in [6.45, 7) is 6.82. The molecule has 0 spiro atoms. The van der Waals surface area contributed by atoms with Crippen molar-refractivity contribution in [1.82, 2.24) is 4.90 Å². The Balaban J connectivity index is 1.52. The Hall–Kier alpha value is -2.95. The average Bonchev–Trinajstić information content (AvgIpc) is 2.73. The highest BCUT2D eigenvalue weighted by Crippen LogP contribution is 2.28. The van der Waals surface area contributed by atoms with Crippen molar-refractivity contribution in [3.8, 4) is 11.5 Å². The standard InChI is InChI=1S/C22H26N2O3/c1-3-7-18-10-11-20(21(16-18)26-2)27-17-22(25)24-14-12-23(13-15-24)19-8-5-4-6-9-19/h3-6,8-11,16H,1,7,12-15,17H2,2H3. The minimum atomic E-state index is -0.0000622. The summed E-state index contributed by atoms with van der Waals surface area (Å²) in [7, 11) is 1.60. The molecule has 142 valence electrons. The second kappa shape index (κ2) is 9.12. The molecule has 0 radical (unpaired) electrons. The summed E-state index contributed by atoms with van der Waals surface area (Å²) in [5, 5.41) is 0. The fraction of sp³-hybridized carbons (Fsp3) is 0.318. The lowest BCUT2D eigenvalue weighted by Gasteiger charge is -2.36. The molecule has 0 atom stereocenters. The number of rotatable bonds is 7. The lowest BCUT2D eigenvalue weighted by Crippen LogP contribution is -2.50. The molecule has 2 aromatic rings. The Morgan fingerprint density at radius 1 is 1.07 bits per heavy atom. The maximum Gasteiger partial charge on any atom is 0.260 e. The summed E-state index contributed by atoms with van der Waals surface area (Å²) in [6, 6.07) is 16.0. The van der Waals surface area contributed by atoms with Crippen molar-refractivity contribution in [3.05, 3.63) is 66.7 Å². The molecule has 5 nitrogen and oxygen atoms in total. The largest absolute Gasteiger partial charge is 0.493 e. The number of anilines is 1. The molecule has 0 N–H and O–H groups in total. The van der Waals surface area contributed by atoms with Crippen LogP contribution in [0, 0.1) is 0 Å². The third-order valence-electron chi connectivity index (χ3n) is 4.71. The first kappa shape index (κ1) is 18.8. The molecule has 1 aliphatic heterocycles.